The zero-order valence-corrected chi connectivity index (χ0v) is 20.3. The minimum atomic E-state index is -0.945. The largest absolute Gasteiger partial charge is 0.479 e. The second-order valence-corrected chi connectivity index (χ2v) is 8.90. The molecule has 0 aliphatic rings. The molecule has 3 heterocycles. The van der Waals surface area contributed by atoms with Gasteiger partial charge in [-0.25, -0.2) is 28.7 Å². The summed E-state index contributed by atoms with van der Waals surface area (Å²) < 4.78 is 36.6. The Bertz CT molecular complexity index is 1570. The predicted octanol–water partition coefficient (Wildman–Crippen LogP) is 5.81. The van der Waals surface area contributed by atoms with Gasteiger partial charge in [0.1, 0.15) is 28.7 Å². The maximum atomic E-state index is 14.7. The van der Waals surface area contributed by atoms with E-state index in [4.69, 9.17) is 16.3 Å². The second kappa shape index (κ2) is 9.12. The maximum absolute atomic E-state index is 14.7. The standard InChI is InChI=1S/C25H20ClF2N7O/c1-25(2,24-29-7-4-8-30-24)36-19-10-14(15-11-33-35(3)12-15)9-18-20(19)23(32-13-31-18)34-17-6-5-16(27)21(26)22(17)28/h4-13H,1-3H3,(H,31,32,34). The third-order valence-corrected chi connectivity index (χ3v) is 5.84. The van der Waals surface area contributed by atoms with Gasteiger partial charge >= 0.3 is 0 Å². The Hall–Kier alpha value is -4.18. The molecule has 0 bridgehead atoms. The fourth-order valence-corrected chi connectivity index (χ4v) is 3.91. The van der Waals surface area contributed by atoms with Crippen molar-refractivity contribution in [2.45, 2.75) is 19.4 Å². The number of benzene rings is 2. The number of anilines is 2. The minimum absolute atomic E-state index is 0.0469. The summed E-state index contributed by atoms with van der Waals surface area (Å²) in [5, 5.41) is 7.02. The summed E-state index contributed by atoms with van der Waals surface area (Å²) in [7, 11) is 1.82. The highest BCUT2D eigenvalue weighted by Crippen LogP contribution is 2.39. The number of halogens is 3. The molecule has 0 radical (unpaired) electrons. The van der Waals surface area contributed by atoms with Crippen molar-refractivity contribution in [3.8, 4) is 16.9 Å². The van der Waals surface area contributed by atoms with Crippen LogP contribution < -0.4 is 10.1 Å². The molecule has 0 atom stereocenters. The fraction of sp³-hybridized carbons (Fsp3) is 0.160. The Morgan fingerprint density at radius 1 is 1.03 bits per heavy atom. The van der Waals surface area contributed by atoms with Crippen LogP contribution in [0.4, 0.5) is 20.3 Å². The molecule has 0 fully saturated rings. The number of aromatic nitrogens is 6. The first-order valence-electron chi connectivity index (χ1n) is 10.9. The monoisotopic (exact) mass is 507 g/mol. The highest BCUT2D eigenvalue weighted by Gasteiger charge is 2.28. The van der Waals surface area contributed by atoms with Gasteiger partial charge in [0.15, 0.2) is 17.2 Å². The highest BCUT2D eigenvalue weighted by molar-refractivity contribution is 6.31. The number of nitrogens with zero attached hydrogens (tertiary/aromatic N) is 6. The van der Waals surface area contributed by atoms with Gasteiger partial charge in [0, 0.05) is 31.2 Å². The van der Waals surface area contributed by atoms with E-state index in [1.807, 2.05) is 39.2 Å². The number of hydrogen-bond acceptors (Lipinski definition) is 7. The quantitative estimate of drug-likeness (QED) is 0.290. The first-order valence-corrected chi connectivity index (χ1v) is 11.3. The van der Waals surface area contributed by atoms with Gasteiger partial charge in [-0.1, -0.05) is 11.6 Å². The molecule has 1 N–H and O–H groups in total. The van der Waals surface area contributed by atoms with Crippen molar-refractivity contribution in [3.63, 3.8) is 0 Å². The summed E-state index contributed by atoms with van der Waals surface area (Å²) in [5.41, 5.74) is 1.19. The van der Waals surface area contributed by atoms with Gasteiger partial charge in [0.25, 0.3) is 0 Å². The zero-order chi connectivity index (χ0) is 25.4. The fourth-order valence-electron chi connectivity index (χ4n) is 3.75. The second-order valence-electron chi connectivity index (χ2n) is 8.53. The Kier molecular flexibility index (Phi) is 5.97. The lowest BCUT2D eigenvalue weighted by molar-refractivity contribution is 0.101. The summed E-state index contributed by atoms with van der Waals surface area (Å²) in [4.78, 5) is 17.4. The van der Waals surface area contributed by atoms with Gasteiger partial charge in [-0.05, 0) is 49.7 Å². The molecule has 8 nitrogen and oxygen atoms in total. The topological polar surface area (TPSA) is 90.6 Å². The number of fused-ring (bicyclic) bond motifs is 1. The van der Waals surface area contributed by atoms with Gasteiger partial charge in [-0.3, -0.25) is 4.68 Å². The summed E-state index contributed by atoms with van der Waals surface area (Å²) in [6.45, 7) is 3.67. The Labute approximate surface area is 210 Å². The van der Waals surface area contributed by atoms with Crippen molar-refractivity contribution in [2.24, 2.45) is 7.05 Å². The van der Waals surface area contributed by atoms with Crippen LogP contribution in [-0.4, -0.2) is 29.7 Å². The third kappa shape index (κ3) is 4.42. The van der Waals surface area contributed by atoms with Crippen LogP contribution in [0.5, 0.6) is 5.75 Å². The lowest BCUT2D eigenvalue weighted by Gasteiger charge is -2.26. The molecule has 5 rings (SSSR count). The summed E-state index contributed by atoms with van der Waals surface area (Å²) in [6, 6.07) is 7.72. The average molecular weight is 508 g/mol. The zero-order valence-electron chi connectivity index (χ0n) is 19.5. The lowest BCUT2D eigenvalue weighted by Crippen LogP contribution is -2.28. The number of nitrogens with one attached hydrogen (secondary N) is 1. The van der Waals surface area contributed by atoms with Crippen molar-refractivity contribution in [1.29, 1.82) is 0 Å². The molecule has 2 aromatic carbocycles. The van der Waals surface area contributed by atoms with Gasteiger partial charge in [-0.2, -0.15) is 5.10 Å². The summed E-state index contributed by atoms with van der Waals surface area (Å²) in [5.74, 6) is -0.676. The van der Waals surface area contributed by atoms with E-state index >= 15 is 0 Å². The van der Waals surface area contributed by atoms with Crippen LogP contribution in [0, 0.1) is 11.6 Å². The van der Waals surface area contributed by atoms with Crippen LogP contribution >= 0.6 is 11.6 Å². The molecule has 0 aliphatic carbocycles. The maximum Gasteiger partial charge on any atom is 0.171 e. The molecule has 0 saturated carbocycles. The number of rotatable bonds is 6. The van der Waals surface area contributed by atoms with E-state index < -0.39 is 22.3 Å². The highest BCUT2D eigenvalue weighted by atomic mass is 35.5. The molecule has 11 heteroatoms. The van der Waals surface area contributed by atoms with Crippen molar-refractivity contribution < 1.29 is 13.5 Å². The first-order chi connectivity index (χ1) is 17.2. The van der Waals surface area contributed by atoms with Gasteiger partial charge in [-0.15, -0.1) is 0 Å². The number of ether oxygens (including phenoxy) is 1. The number of hydrogen-bond donors (Lipinski definition) is 1. The average Bonchev–Trinajstić information content (AvgIpc) is 3.31. The van der Waals surface area contributed by atoms with E-state index in [0.29, 0.717) is 22.5 Å². The molecule has 0 amide bonds. The van der Waals surface area contributed by atoms with Crippen LogP contribution in [-0.2, 0) is 12.6 Å². The Morgan fingerprint density at radius 3 is 2.53 bits per heavy atom. The normalized spacial score (nSPS) is 11.6. The molecule has 3 aromatic heterocycles. The molecule has 182 valence electrons. The summed E-state index contributed by atoms with van der Waals surface area (Å²) in [6.07, 6.45) is 8.21. The molecule has 0 saturated heterocycles. The first kappa shape index (κ1) is 23.6. The molecular weight excluding hydrogens is 488 g/mol. The van der Waals surface area contributed by atoms with Crippen LogP contribution in [0.1, 0.15) is 19.7 Å². The van der Waals surface area contributed by atoms with Crippen LogP contribution in [0.25, 0.3) is 22.0 Å². The predicted molar refractivity (Wildman–Crippen MR) is 132 cm³/mol. The van der Waals surface area contributed by atoms with E-state index in [2.05, 4.69) is 30.4 Å². The van der Waals surface area contributed by atoms with E-state index in [1.54, 1.807) is 29.3 Å². The number of aryl methyl sites for hydroxylation is 1. The van der Waals surface area contributed by atoms with Crippen molar-refractivity contribution in [2.75, 3.05) is 5.32 Å². The van der Waals surface area contributed by atoms with E-state index in [0.717, 1.165) is 17.2 Å². The lowest BCUT2D eigenvalue weighted by atomic mass is 10.0. The van der Waals surface area contributed by atoms with Gasteiger partial charge in [0.2, 0.25) is 0 Å². The van der Waals surface area contributed by atoms with Gasteiger partial charge in [0.05, 0.1) is 22.8 Å². The molecule has 0 aliphatic heterocycles. The molecule has 36 heavy (non-hydrogen) atoms. The van der Waals surface area contributed by atoms with E-state index in [1.165, 1.54) is 12.4 Å². The summed E-state index contributed by atoms with van der Waals surface area (Å²) >= 11 is 5.77. The Balaban J connectivity index is 1.68. The molecular formula is C25H20ClF2N7O. The molecule has 0 spiro atoms. The van der Waals surface area contributed by atoms with E-state index in [-0.39, 0.29) is 11.5 Å². The molecule has 0 unspecified atom stereocenters. The van der Waals surface area contributed by atoms with Gasteiger partial charge < -0.3 is 10.1 Å². The smallest absolute Gasteiger partial charge is 0.171 e. The van der Waals surface area contributed by atoms with Crippen LogP contribution in [0.15, 0.2) is 61.4 Å². The Morgan fingerprint density at radius 2 is 1.81 bits per heavy atom. The van der Waals surface area contributed by atoms with E-state index in [9.17, 15) is 8.78 Å². The van der Waals surface area contributed by atoms with Crippen molar-refractivity contribution in [1.82, 2.24) is 29.7 Å². The van der Waals surface area contributed by atoms with Crippen LogP contribution in [0.2, 0.25) is 5.02 Å². The minimum Gasteiger partial charge on any atom is -0.479 e. The van der Waals surface area contributed by atoms with Crippen LogP contribution in [0.3, 0.4) is 0 Å². The van der Waals surface area contributed by atoms with Crippen molar-refractivity contribution >= 4 is 34.0 Å². The SMILES string of the molecule is Cn1cc(-c2cc(OC(C)(C)c3ncccn3)c3c(Nc4ccc(F)c(Cl)c4F)ncnc3c2)cn1. The molecule has 5 aromatic rings. The van der Waals surface area contributed by atoms with Crippen molar-refractivity contribution in [3.05, 3.63) is 83.9 Å². The third-order valence-electron chi connectivity index (χ3n) is 5.50.